The lowest BCUT2D eigenvalue weighted by Gasteiger charge is -2.03. The predicted octanol–water partition coefficient (Wildman–Crippen LogP) is 3.45. The van der Waals surface area contributed by atoms with Gasteiger partial charge < -0.3 is 5.73 Å². The summed E-state index contributed by atoms with van der Waals surface area (Å²) >= 11 is 11.0. The summed E-state index contributed by atoms with van der Waals surface area (Å²) in [5.41, 5.74) is 5.24. The van der Waals surface area contributed by atoms with E-state index in [4.69, 9.17) is 28.9 Å². The van der Waals surface area contributed by atoms with Crippen molar-refractivity contribution in [1.82, 2.24) is 0 Å². The first-order valence-corrected chi connectivity index (χ1v) is 9.16. The average molecular weight is 423 g/mol. The Morgan fingerprint density at radius 2 is 1.42 bits per heavy atom. The summed E-state index contributed by atoms with van der Waals surface area (Å²) in [7, 11) is -3.45. The van der Waals surface area contributed by atoms with Crippen LogP contribution in [0.2, 0.25) is 10.0 Å². The number of hydrogen-bond donors (Lipinski definition) is 2. The average Bonchev–Trinajstić information content (AvgIpc) is 2.50. The van der Waals surface area contributed by atoms with Crippen molar-refractivity contribution in [2.24, 2.45) is 0 Å². The molecule has 0 amide bonds. The highest BCUT2D eigenvalue weighted by atomic mass is 35.5. The summed E-state index contributed by atoms with van der Waals surface area (Å²) in [4.78, 5) is 19.5. The van der Waals surface area contributed by atoms with Crippen molar-refractivity contribution in [2.75, 3.05) is 16.7 Å². The highest BCUT2D eigenvalue weighted by Crippen LogP contribution is 2.27. The molecule has 10 nitrogen and oxygen atoms in total. The van der Waals surface area contributed by atoms with E-state index in [2.05, 4.69) is 4.72 Å². The van der Waals surface area contributed by atoms with Crippen molar-refractivity contribution < 1.29 is 18.3 Å². The van der Waals surface area contributed by atoms with Gasteiger partial charge in [0.15, 0.2) is 0 Å². The summed E-state index contributed by atoms with van der Waals surface area (Å²) in [6.45, 7) is 0. The maximum Gasteiger partial charge on any atom is 0.289 e. The van der Waals surface area contributed by atoms with Gasteiger partial charge in [0.05, 0.1) is 21.8 Å². The standard InChI is InChI=1S/C7H7ClN2O4S.C6H5ClN2O2/c1-15(13,14)9-5-2-3-6(8)7(4-5)10(11)12;7-5-2-1-4(8)3-6(5)9(10)11/h2-4,9H,1H3;1-3H,8H2. The van der Waals surface area contributed by atoms with E-state index in [0.717, 1.165) is 12.3 Å². The van der Waals surface area contributed by atoms with Gasteiger partial charge in [0.25, 0.3) is 11.4 Å². The van der Waals surface area contributed by atoms with Crippen LogP contribution in [0.25, 0.3) is 0 Å². The number of rotatable bonds is 4. The van der Waals surface area contributed by atoms with Crippen molar-refractivity contribution in [3.63, 3.8) is 0 Å². The minimum Gasteiger partial charge on any atom is -0.399 e. The maximum atomic E-state index is 10.9. The van der Waals surface area contributed by atoms with Crippen LogP contribution in [0.5, 0.6) is 0 Å². The molecule has 140 valence electrons. The fraction of sp³-hybridized carbons (Fsp3) is 0.0769. The van der Waals surface area contributed by atoms with Gasteiger partial charge in [0.1, 0.15) is 10.0 Å². The van der Waals surface area contributed by atoms with Crippen LogP contribution in [0.3, 0.4) is 0 Å². The van der Waals surface area contributed by atoms with Crippen LogP contribution in [0.15, 0.2) is 36.4 Å². The highest BCUT2D eigenvalue weighted by Gasteiger charge is 2.14. The minimum absolute atomic E-state index is 0.0425. The van der Waals surface area contributed by atoms with E-state index in [-0.39, 0.29) is 27.1 Å². The number of nitro benzene ring substituents is 2. The third kappa shape index (κ3) is 6.70. The Bertz CT molecular complexity index is 952. The lowest BCUT2D eigenvalue weighted by atomic mass is 10.3. The second kappa shape index (κ2) is 8.65. The third-order valence-corrected chi connectivity index (χ3v) is 3.86. The Kier molecular flexibility index (Phi) is 7.12. The van der Waals surface area contributed by atoms with Gasteiger partial charge in [0, 0.05) is 17.8 Å². The van der Waals surface area contributed by atoms with Gasteiger partial charge >= 0.3 is 0 Å². The molecular weight excluding hydrogens is 411 g/mol. The highest BCUT2D eigenvalue weighted by molar-refractivity contribution is 7.92. The van der Waals surface area contributed by atoms with Crippen LogP contribution in [0.1, 0.15) is 0 Å². The SMILES string of the molecule is CS(=O)(=O)Nc1ccc(Cl)c([N+](=O)[O-])c1.Nc1ccc(Cl)c([N+](=O)[O-])c1. The molecule has 0 saturated carbocycles. The van der Waals surface area contributed by atoms with Gasteiger partial charge in [-0.2, -0.15) is 0 Å². The summed E-state index contributed by atoms with van der Waals surface area (Å²) in [5.74, 6) is 0. The molecule has 13 heteroatoms. The van der Waals surface area contributed by atoms with Crippen molar-refractivity contribution in [2.45, 2.75) is 0 Å². The van der Waals surface area contributed by atoms with Crippen LogP contribution in [-0.2, 0) is 10.0 Å². The molecule has 0 fully saturated rings. The van der Waals surface area contributed by atoms with Crippen LogP contribution in [0, 0.1) is 20.2 Å². The van der Waals surface area contributed by atoms with Crippen LogP contribution < -0.4 is 10.5 Å². The number of nitrogens with two attached hydrogens (primary N) is 1. The molecule has 0 bridgehead atoms. The zero-order valence-electron chi connectivity index (χ0n) is 13.0. The first kappa shape index (κ1) is 21.4. The Balaban J connectivity index is 0.000000273. The lowest BCUT2D eigenvalue weighted by molar-refractivity contribution is -0.384. The van der Waals surface area contributed by atoms with Gasteiger partial charge in [-0.25, -0.2) is 8.42 Å². The Morgan fingerprint density at radius 1 is 0.962 bits per heavy atom. The van der Waals surface area contributed by atoms with Crippen molar-refractivity contribution in [3.8, 4) is 0 Å². The summed E-state index contributed by atoms with van der Waals surface area (Å²) in [6.07, 6.45) is 0.952. The molecule has 0 saturated heterocycles. The number of nitro groups is 2. The summed E-state index contributed by atoms with van der Waals surface area (Å²) in [5, 5.41) is 20.8. The Hall–Kier alpha value is -2.63. The minimum atomic E-state index is -3.45. The molecule has 0 heterocycles. The summed E-state index contributed by atoms with van der Waals surface area (Å²) < 4.78 is 23.8. The van der Waals surface area contributed by atoms with Gasteiger partial charge in [0.2, 0.25) is 10.0 Å². The molecule has 26 heavy (non-hydrogen) atoms. The monoisotopic (exact) mass is 422 g/mol. The molecular formula is C13H12Cl2N4O6S. The first-order chi connectivity index (χ1) is 11.9. The van der Waals surface area contributed by atoms with Crippen LogP contribution in [-0.4, -0.2) is 24.5 Å². The van der Waals surface area contributed by atoms with E-state index in [0.29, 0.717) is 5.69 Å². The molecule has 3 N–H and O–H groups in total. The molecule has 0 atom stereocenters. The quantitative estimate of drug-likeness (QED) is 0.433. The van der Waals surface area contributed by atoms with E-state index < -0.39 is 19.9 Å². The molecule has 2 rings (SSSR count). The number of nitrogen functional groups attached to an aromatic ring is 1. The fourth-order valence-corrected chi connectivity index (χ4v) is 2.53. The molecule has 0 aromatic heterocycles. The second-order valence-corrected chi connectivity index (χ2v) is 7.33. The van der Waals surface area contributed by atoms with Gasteiger partial charge in [-0.3, -0.25) is 25.0 Å². The number of nitrogens with zero attached hydrogens (tertiary/aromatic N) is 2. The smallest absolute Gasteiger partial charge is 0.289 e. The topological polar surface area (TPSA) is 158 Å². The summed E-state index contributed by atoms with van der Waals surface area (Å²) in [6, 6.07) is 7.79. The largest absolute Gasteiger partial charge is 0.399 e. The number of nitrogens with one attached hydrogen (secondary N) is 1. The van der Waals surface area contributed by atoms with E-state index >= 15 is 0 Å². The van der Waals surface area contributed by atoms with Crippen molar-refractivity contribution in [3.05, 3.63) is 66.7 Å². The molecule has 2 aromatic carbocycles. The number of sulfonamides is 1. The number of anilines is 2. The Labute approximate surface area is 157 Å². The van der Waals surface area contributed by atoms with E-state index in [1.165, 1.54) is 30.3 Å². The molecule has 0 aliphatic heterocycles. The maximum absolute atomic E-state index is 10.9. The van der Waals surface area contributed by atoms with Gasteiger partial charge in [-0.15, -0.1) is 0 Å². The fourth-order valence-electron chi connectivity index (χ4n) is 1.60. The normalized spacial score (nSPS) is 10.4. The third-order valence-electron chi connectivity index (χ3n) is 2.61. The second-order valence-electron chi connectivity index (χ2n) is 4.77. The van der Waals surface area contributed by atoms with Gasteiger partial charge in [-0.1, -0.05) is 23.2 Å². The van der Waals surface area contributed by atoms with Crippen LogP contribution >= 0.6 is 23.2 Å². The van der Waals surface area contributed by atoms with Gasteiger partial charge in [-0.05, 0) is 24.3 Å². The van der Waals surface area contributed by atoms with E-state index in [1.807, 2.05) is 0 Å². The van der Waals surface area contributed by atoms with E-state index in [1.54, 1.807) is 0 Å². The van der Waals surface area contributed by atoms with Crippen molar-refractivity contribution in [1.29, 1.82) is 0 Å². The zero-order chi connectivity index (χ0) is 20.1. The molecule has 0 spiro atoms. The number of halogens is 2. The molecule has 0 aliphatic rings. The zero-order valence-corrected chi connectivity index (χ0v) is 15.4. The van der Waals surface area contributed by atoms with E-state index in [9.17, 15) is 28.6 Å². The number of benzene rings is 2. The molecule has 2 aromatic rings. The van der Waals surface area contributed by atoms with Crippen molar-refractivity contribution >= 4 is 56.0 Å². The van der Waals surface area contributed by atoms with Crippen LogP contribution in [0.4, 0.5) is 22.7 Å². The Morgan fingerprint density at radius 3 is 1.85 bits per heavy atom. The first-order valence-electron chi connectivity index (χ1n) is 6.52. The lowest BCUT2D eigenvalue weighted by Crippen LogP contribution is -2.09. The predicted molar refractivity (Wildman–Crippen MR) is 99.1 cm³/mol. The molecule has 0 radical (unpaired) electrons. The molecule has 0 unspecified atom stereocenters. The number of hydrogen-bond acceptors (Lipinski definition) is 7. The molecule has 0 aliphatic carbocycles.